The Morgan fingerprint density at radius 3 is 1.75 bits per heavy atom. The molecule has 2 aromatic carbocycles. The molecule has 0 aliphatic heterocycles. The molecule has 6 aromatic rings. The molecule has 0 unspecified atom stereocenters. The molecule has 14 heteroatoms. The molecule has 2 amide bonds. The van der Waals surface area contributed by atoms with Crippen molar-refractivity contribution in [2.24, 2.45) is 0 Å². The molecule has 6 rings (SSSR count). The quantitative estimate of drug-likeness (QED) is 0.118. The van der Waals surface area contributed by atoms with Gasteiger partial charge in [-0.25, -0.2) is 9.97 Å². The van der Waals surface area contributed by atoms with Crippen molar-refractivity contribution in [1.29, 1.82) is 0 Å². The fourth-order valence-corrected chi connectivity index (χ4v) is 5.72. The number of anilines is 2. The summed E-state index contributed by atoms with van der Waals surface area (Å²) in [5, 5.41) is 17.0. The van der Waals surface area contributed by atoms with Crippen LogP contribution in [0.15, 0.2) is 48.5 Å². The lowest BCUT2D eigenvalue weighted by Crippen LogP contribution is -2.20. The van der Waals surface area contributed by atoms with Crippen LogP contribution in [0.2, 0.25) is 0 Å². The van der Waals surface area contributed by atoms with E-state index < -0.39 is 0 Å². The van der Waals surface area contributed by atoms with E-state index in [1.165, 1.54) is 13.8 Å². The second-order valence-electron chi connectivity index (χ2n) is 11.7. The Morgan fingerprint density at radius 1 is 0.729 bits per heavy atom. The van der Waals surface area contributed by atoms with Crippen LogP contribution in [0.25, 0.3) is 22.1 Å². The van der Waals surface area contributed by atoms with Gasteiger partial charge >= 0.3 is 0 Å². The summed E-state index contributed by atoms with van der Waals surface area (Å²) in [5.41, 5.74) is 5.96. The summed E-state index contributed by atoms with van der Waals surface area (Å²) < 4.78 is 5.50. The zero-order valence-corrected chi connectivity index (χ0v) is 27.4. The molecule has 0 saturated carbocycles. The fraction of sp³-hybridized carbons (Fsp3) is 0.294. The van der Waals surface area contributed by atoms with E-state index in [4.69, 9.17) is 4.98 Å². The Morgan fingerprint density at radius 2 is 1.27 bits per heavy atom. The highest BCUT2D eigenvalue weighted by molar-refractivity contribution is 6.04. The predicted octanol–water partition coefficient (Wildman–Crippen LogP) is 5.33. The number of Topliss-reactive ketones (excluding diaryl/α,β-unsaturated/α-hetero) is 2. The number of aromatic amines is 1. The van der Waals surface area contributed by atoms with Gasteiger partial charge in [-0.15, -0.1) is 0 Å². The van der Waals surface area contributed by atoms with Crippen molar-refractivity contribution in [1.82, 2.24) is 39.1 Å². The first-order chi connectivity index (χ1) is 23.0. The largest absolute Gasteiger partial charge is 0.310 e. The molecule has 0 atom stereocenters. The third kappa shape index (κ3) is 6.36. The van der Waals surface area contributed by atoms with Gasteiger partial charge in [-0.1, -0.05) is 0 Å². The molecule has 14 nitrogen and oxygen atoms in total. The van der Waals surface area contributed by atoms with Gasteiger partial charge in [-0.3, -0.25) is 39.6 Å². The van der Waals surface area contributed by atoms with Crippen LogP contribution < -0.4 is 10.6 Å². The van der Waals surface area contributed by atoms with Crippen molar-refractivity contribution in [3.63, 3.8) is 0 Å². The molecule has 3 N–H and O–H groups in total. The smallest absolute Gasteiger partial charge is 0.276 e. The lowest BCUT2D eigenvalue weighted by Gasteiger charge is -2.12. The number of amides is 2. The summed E-state index contributed by atoms with van der Waals surface area (Å²) in [6.45, 7) is 10.1. The zero-order valence-electron chi connectivity index (χ0n) is 27.4. The van der Waals surface area contributed by atoms with Gasteiger partial charge in [0.25, 0.3) is 11.8 Å². The minimum Gasteiger partial charge on any atom is -0.310 e. The van der Waals surface area contributed by atoms with Crippen molar-refractivity contribution in [2.45, 2.75) is 67.1 Å². The normalized spacial score (nSPS) is 11.4. The van der Waals surface area contributed by atoms with Crippen LogP contribution in [0.1, 0.15) is 86.7 Å². The van der Waals surface area contributed by atoms with Gasteiger partial charge in [-0.2, -0.15) is 10.2 Å². The molecule has 0 bridgehead atoms. The van der Waals surface area contributed by atoms with E-state index in [2.05, 4.69) is 30.9 Å². The molecule has 48 heavy (non-hydrogen) atoms. The van der Waals surface area contributed by atoms with E-state index in [1.807, 2.05) is 35.1 Å². The van der Waals surface area contributed by atoms with E-state index in [0.29, 0.717) is 83.6 Å². The summed E-state index contributed by atoms with van der Waals surface area (Å²) in [4.78, 5) is 59.9. The summed E-state index contributed by atoms with van der Waals surface area (Å²) in [6, 6.07) is 14.0. The van der Waals surface area contributed by atoms with E-state index in [1.54, 1.807) is 48.0 Å². The minimum atomic E-state index is -0.381. The van der Waals surface area contributed by atoms with Crippen LogP contribution in [0.3, 0.4) is 0 Å². The highest BCUT2D eigenvalue weighted by atomic mass is 16.2. The Kier molecular flexibility index (Phi) is 8.72. The van der Waals surface area contributed by atoms with Crippen molar-refractivity contribution in [3.05, 3.63) is 82.4 Å². The van der Waals surface area contributed by atoms with E-state index in [9.17, 15) is 19.2 Å². The number of carbonyl (C=O) groups excluding carboxylic acids is 4. The van der Waals surface area contributed by atoms with Gasteiger partial charge in [-0.05, 0) is 96.0 Å². The molecule has 0 aliphatic rings. The molecule has 4 heterocycles. The number of benzene rings is 2. The first-order valence-electron chi connectivity index (χ1n) is 15.7. The van der Waals surface area contributed by atoms with Crippen molar-refractivity contribution < 1.29 is 19.2 Å². The standard InChI is InChI=1S/C34H36N10O4/c1-6-44-30(16-20(3)41-44)32(48)38-34-36-26-18-24(22(5)46)10-12-29(26)43(34)14-8-7-13-42-28-11-9-23(21(4)45)17-25(28)35-33(42)37-31(47)27-15-19(2)39-40-27/h9-12,15-18H,6-8,13-14H2,1-5H3,(H,39,40)(H,35,37,47)(H,36,38,48). The van der Waals surface area contributed by atoms with Crippen molar-refractivity contribution >= 4 is 57.3 Å². The van der Waals surface area contributed by atoms with E-state index in [0.717, 1.165) is 16.7 Å². The minimum absolute atomic E-state index is 0.0760. The van der Waals surface area contributed by atoms with Crippen LogP contribution in [0.5, 0.6) is 0 Å². The maximum absolute atomic E-state index is 13.4. The Balaban J connectivity index is 1.26. The first kappa shape index (κ1) is 32.0. The molecule has 4 aromatic heterocycles. The second-order valence-corrected chi connectivity index (χ2v) is 11.7. The number of aryl methyl sites for hydroxylation is 5. The number of hydrogen-bond acceptors (Lipinski definition) is 8. The van der Waals surface area contributed by atoms with Gasteiger partial charge in [0, 0.05) is 30.8 Å². The van der Waals surface area contributed by atoms with E-state index >= 15 is 0 Å². The maximum atomic E-state index is 13.4. The van der Waals surface area contributed by atoms with Crippen LogP contribution >= 0.6 is 0 Å². The number of fused-ring (bicyclic) bond motifs is 2. The predicted molar refractivity (Wildman–Crippen MR) is 181 cm³/mol. The number of nitrogens with one attached hydrogen (secondary N) is 3. The molecule has 0 spiro atoms. The Bertz CT molecular complexity index is 2220. The van der Waals surface area contributed by atoms with Gasteiger partial charge in [0.05, 0.1) is 33.5 Å². The van der Waals surface area contributed by atoms with Crippen LogP contribution in [0.4, 0.5) is 11.9 Å². The third-order valence-electron chi connectivity index (χ3n) is 8.16. The fourth-order valence-electron chi connectivity index (χ4n) is 5.72. The molecule has 0 aliphatic carbocycles. The monoisotopic (exact) mass is 648 g/mol. The topological polar surface area (TPSA) is 174 Å². The summed E-state index contributed by atoms with van der Waals surface area (Å²) in [5.74, 6) is -0.149. The number of unbranched alkanes of at least 4 members (excludes halogenated alkanes) is 1. The maximum Gasteiger partial charge on any atom is 0.276 e. The van der Waals surface area contributed by atoms with Crippen molar-refractivity contribution in [2.75, 3.05) is 10.6 Å². The van der Waals surface area contributed by atoms with E-state index in [-0.39, 0.29) is 23.4 Å². The summed E-state index contributed by atoms with van der Waals surface area (Å²) in [7, 11) is 0. The lowest BCUT2D eigenvalue weighted by atomic mass is 10.1. The number of ketones is 2. The SMILES string of the molecule is CCn1nc(C)cc1C(=O)Nc1nc2cc(C(C)=O)ccc2n1CCCCn1c(NC(=O)c2cc(C)n[nH]2)nc2cc(C(C)=O)ccc21. The molecule has 0 radical (unpaired) electrons. The van der Waals surface area contributed by atoms with Crippen molar-refractivity contribution in [3.8, 4) is 0 Å². The van der Waals surface area contributed by atoms with Gasteiger partial charge < -0.3 is 9.13 Å². The average molecular weight is 649 g/mol. The Hall–Kier alpha value is -5.92. The Labute approximate surface area is 275 Å². The van der Waals surface area contributed by atoms with Gasteiger partial charge in [0.15, 0.2) is 11.6 Å². The number of imidazole rings is 2. The first-order valence-corrected chi connectivity index (χ1v) is 15.7. The number of carbonyl (C=O) groups is 4. The molecular weight excluding hydrogens is 612 g/mol. The van der Waals surface area contributed by atoms with Crippen LogP contribution in [0, 0.1) is 13.8 Å². The summed E-state index contributed by atoms with van der Waals surface area (Å²) in [6.07, 6.45) is 1.35. The number of H-pyrrole nitrogens is 1. The third-order valence-corrected chi connectivity index (χ3v) is 8.16. The van der Waals surface area contributed by atoms with Gasteiger partial charge in [0.1, 0.15) is 11.4 Å². The lowest BCUT2D eigenvalue weighted by molar-refractivity contribution is 0.100. The molecule has 0 fully saturated rings. The number of nitrogens with zero attached hydrogens (tertiary/aromatic N) is 7. The number of hydrogen-bond donors (Lipinski definition) is 3. The molecular formula is C34H36N10O4. The zero-order chi connectivity index (χ0) is 34.1. The van der Waals surface area contributed by atoms with Crippen LogP contribution in [-0.4, -0.2) is 62.5 Å². The highest BCUT2D eigenvalue weighted by Gasteiger charge is 2.20. The second kappa shape index (κ2) is 13.1. The molecule has 246 valence electrons. The summed E-state index contributed by atoms with van der Waals surface area (Å²) >= 11 is 0. The molecule has 0 saturated heterocycles. The number of aromatic nitrogens is 8. The average Bonchev–Trinajstić information content (AvgIpc) is 3.82. The van der Waals surface area contributed by atoms with Gasteiger partial charge in [0.2, 0.25) is 11.9 Å². The number of rotatable bonds is 12. The van der Waals surface area contributed by atoms with Crippen LogP contribution in [-0.2, 0) is 19.6 Å². The highest BCUT2D eigenvalue weighted by Crippen LogP contribution is 2.25.